The number of para-hydroxylation sites is 1. The van der Waals surface area contributed by atoms with Crippen molar-refractivity contribution < 1.29 is 14.3 Å². The van der Waals surface area contributed by atoms with Gasteiger partial charge in [-0.25, -0.2) is 0 Å². The highest BCUT2D eigenvalue weighted by atomic mass is 16.5. The monoisotopic (exact) mass is 359 g/mol. The molecule has 2 heterocycles. The zero-order valence-electron chi connectivity index (χ0n) is 15.7. The lowest BCUT2D eigenvalue weighted by Gasteiger charge is -2.08. The Morgan fingerprint density at radius 3 is 2.85 bits per heavy atom. The number of benzene rings is 2. The van der Waals surface area contributed by atoms with Gasteiger partial charge in [0, 0.05) is 35.8 Å². The molecule has 0 atom stereocenters. The lowest BCUT2D eigenvalue weighted by molar-refractivity contribution is 0.101. The molecule has 0 radical (unpaired) electrons. The van der Waals surface area contributed by atoms with Gasteiger partial charge in [0.2, 0.25) is 5.78 Å². The van der Waals surface area contributed by atoms with Gasteiger partial charge in [0.25, 0.3) is 0 Å². The number of carbonyl (C=O) groups excluding carboxylic acids is 1. The van der Waals surface area contributed by atoms with Gasteiger partial charge in [0.1, 0.15) is 18.1 Å². The van der Waals surface area contributed by atoms with Gasteiger partial charge >= 0.3 is 0 Å². The maximum atomic E-state index is 12.9. The number of hydrogen-bond acceptors (Lipinski definition) is 3. The third kappa shape index (κ3) is 3.04. The van der Waals surface area contributed by atoms with Gasteiger partial charge in [0.15, 0.2) is 5.76 Å². The summed E-state index contributed by atoms with van der Waals surface area (Å²) in [6.45, 7) is 8.08. The molecule has 136 valence electrons. The summed E-state index contributed by atoms with van der Waals surface area (Å²) < 4.78 is 13.7. The SMILES string of the molecule is C=C(C)COc1cc(C)c2c(c1)O/C(=C\c1cn(C)c3ccccc13)C2=O. The standard InChI is InChI=1S/C23H21NO3/c1-14(2)13-26-17-9-15(3)22-20(11-17)27-21(23(22)25)10-16-12-24(4)19-8-6-5-7-18(16)19/h5-12H,1,13H2,2-4H3/b21-10-. The fourth-order valence-corrected chi connectivity index (χ4v) is 3.40. The van der Waals surface area contributed by atoms with E-state index in [1.165, 1.54) is 0 Å². The van der Waals surface area contributed by atoms with Crippen molar-refractivity contribution in [1.82, 2.24) is 4.57 Å². The van der Waals surface area contributed by atoms with Gasteiger partial charge in [-0.2, -0.15) is 0 Å². The van der Waals surface area contributed by atoms with Gasteiger partial charge in [-0.1, -0.05) is 24.8 Å². The van der Waals surface area contributed by atoms with Crippen LogP contribution in [0.2, 0.25) is 0 Å². The van der Waals surface area contributed by atoms with E-state index >= 15 is 0 Å². The van der Waals surface area contributed by atoms with Gasteiger partial charge in [-0.15, -0.1) is 0 Å². The first-order valence-corrected chi connectivity index (χ1v) is 8.84. The van der Waals surface area contributed by atoms with E-state index in [2.05, 4.69) is 12.6 Å². The first-order valence-electron chi connectivity index (χ1n) is 8.84. The van der Waals surface area contributed by atoms with Crippen LogP contribution in [-0.4, -0.2) is 17.0 Å². The second-order valence-corrected chi connectivity index (χ2v) is 7.01. The predicted octanol–water partition coefficient (Wildman–Crippen LogP) is 5.06. The van der Waals surface area contributed by atoms with Gasteiger partial charge < -0.3 is 14.0 Å². The second-order valence-electron chi connectivity index (χ2n) is 7.01. The maximum absolute atomic E-state index is 12.9. The first kappa shape index (κ1) is 17.2. The number of Topliss-reactive ketones (excluding diaryl/α,β-unsaturated/α-hetero) is 1. The predicted molar refractivity (Wildman–Crippen MR) is 107 cm³/mol. The number of ketones is 1. The van der Waals surface area contributed by atoms with Crippen LogP contribution in [0.1, 0.15) is 28.4 Å². The van der Waals surface area contributed by atoms with Crippen molar-refractivity contribution in [3.05, 3.63) is 77.2 Å². The topological polar surface area (TPSA) is 40.5 Å². The van der Waals surface area contributed by atoms with Crippen molar-refractivity contribution in [1.29, 1.82) is 0 Å². The molecule has 0 unspecified atom stereocenters. The van der Waals surface area contributed by atoms with E-state index in [4.69, 9.17) is 9.47 Å². The Morgan fingerprint density at radius 2 is 2.07 bits per heavy atom. The summed E-state index contributed by atoms with van der Waals surface area (Å²) in [5, 5.41) is 1.09. The summed E-state index contributed by atoms with van der Waals surface area (Å²) in [4.78, 5) is 12.9. The lowest BCUT2D eigenvalue weighted by atomic mass is 10.0. The van der Waals surface area contributed by atoms with Gasteiger partial charge in [-0.3, -0.25) is 4.79 Å². The molecule has 1 aromatic heterocycles. The summed E-state index contributed by atoms with van der Waals surface area (Å²) in [5.74, 6) is 1.46. The van der Waals surface area contributed by atoms with Crippen LogP contribution in [0.5, 0.6) is 11.5 Å². The molecule has 0 fully saturated rings. The molecule has 1 aliphatic rings. The minimum absolute atomic E-state index is 0.0955. The second kappa shape index (κ2) is 6.47. The van der Waals surface area contributed by atoms with Crippen molar-refractivity contribution in [2.45, 2.75) is 13.8 Å². The molecule has 3 aromatic rings. The molecule has 4 heteroatoms. The fourth-order valence-electron chi connectivity index (χ4n) is 3.40. The van der Waals surface area contributed by atoms with Crippen LogP contribution < -0.4 is 9.47 Å². The van der Waals surface area contributed by atoms with Crippen molar-refractivity contribution in [2.75, 3.05) is 6.61 Å². The Morgan fingerprint density at radius 1 is 1.30 bits per heavy atom. The highest BCUT2D eigenvalue weighted by molar-refractivity contribution is 6.16. The molecule has 2 aromatic carbocycles. The molecule has 0 spiro atoms. The Balaban J connectivity index is 1.71. The van der Waals surface area contributed by atoms with Crippen LogP contribution in [0.15, 0.2) is 60.5 Å². The number of carbonyl (C=O) groups is 1. The van der Waals surface area contributed by atoms with E-state index in [0.29, 0.717) is 29.4 Å². The Labute approximate surface area is 158 Å². The number of nitrogens with zero attached hydrogens (tertiary/aromatic N) is 1. The normalized spacial score (nSPS) is 14.5. The van der Waals surface area contributed by atoms with Gasteiger partial charge in [-0.05, 0) is 43.2 Å². The fraction of sp³-hybridized carbons (Fsp3) is 0.174. The smallest absolute Gasteiger partial charge is 0.232 e. The van der Waals surface area contributed by atoms with Crippen molar-refractivity contribution in [3.63, 3.8) is 0 Å². The number of aryl methyl sites for hydroxylation is 2. The zero-order valence-corrected chi connectivity index (χ0v) is 15.7. The lowest BCUT2D eigenvalue weighted by Crippen LogP contribution is -2.00. The minimum atomic E-state index is -0.0955. The third-order valence-corrected chi connectivity index (χ3v) is 4.64. The molecule has 0 N–H and O–H groups in total. The van der Waals surface area contributed by atoms with E-state index in [1.807, 2.05) is 62.0 Å². The third-order valence-electron chi connectivity index (χ3n) is 4.64. The molecule has 0 saturated carbocycles. The van der Waals surface area contributed by atoms with Gasteiger partial charge in [0.05, 0.1) is 5.56 Å². The Hall–Kier alpha value is -3.27. The molecular weight excluding hydrogens is 338 g/mol. The molecule has 4 rings (SSSR count). The highest BCUT2D eigenvalue weighted by Gasteiger charge is 2.30. The molecule has 1 aliphatic heterocycles. The first-order chi connectivity index (χ1) is 12.9. The number of aromatic nitrogens is 1. The molecule has 4 nitrogen and oxygen atoms in total. The number of rotatable bonds is 4. The number of allylic oxidation sites excluding steroid dienone is 1. The van der Waals surface area contributed by atoms with Crippen LogP contribution in [0, 0.1) is 6.92 Å². The summed E-state index contributed by atoms with van der Waals surface area (Å²) in [5.41, 5.74) is 4.45. The van der Waals surface area contributed by atoms with Crippen molar-refractivity contribution >= 4 is 22.8 Å². The van der Waals surface area contributed by atoms with E-state index in [9.17, 15) is 4.79 Å². The quantitative estimate of drug-likeness (QED) is 0.483. The van der Waals surface area contributed by atoms with Crippen LogP contribution in [0.3, 0.4) is 0 Å². The number of fused-ring (bicyclic) bond motifs is 2. The number of hydrogen-bond donors (Lipinski definition) is 0. The maximum Gasteiger partial charge on any atom is 0.232 e. The summed E-state index contributed by atoms with van der Waals surface area (Å²) in [7, 11) is 1.99. The molecule has 0 bridgehead atoms. The summed E-state index contributed by atoms with van der Waals surface area (Å²) in [6.07, 6.45) is 3.82. The van der Waals surface area contributed by atoms with Crippen molar-refractivity contribution in [2.24, 2.45) is 7.05 Å². The van der Waals surface area contributed by atoms with Crippen molar-refractivity contribution in [3.8, 4) is 11.5 Å². The average molecular weight is 359 g/mol. The largest absolute Gasteiger partial charge is 0.489 e. The molecule has 0 aliphatic carbocycles. The van der Waals surface area contributed by atoms with E-state index in [-0.39, 0.29) is 5.78 Å². The Kier molecular flexibility index (Phi) is 4.11. The van der Waals surface area contributed by atoms with Crippen LogP contribution in [-0.2, 0) is 7.05 Å². The highest BCUT2D eigenvalue weighted by Crippen LogP contribution is 2.38. The molecular formula is C23H21NO3. The van der Waals surface area contributed by atoms with E-state index in [1.54, 1.807) is 6.07 Å². The molecule has 0 saturated heterocycles. The number of ether oxygens (including phenoxy) is 2. The van der Waals surface area contributed by atoms with Crippen LogP contribution in [0.25, 0.3) is 17.0 Å². The Bertz CT molecular complexity index is 1120. The average Bonchev–Trinajstić information content (AvgIpc) is 3.11. The van der Waals surface area contributed by atoms with E-state index in [0.717, 1.165) is 27.6 Å². The van der Waals surface area contributed by atoms with E-state index < -0.39 is 0 Å². The van der Waals surface area contributed by atoms with Crippen LogP contribution in [0.4, 0.5) is 0 Å². The summed E-state index contributed by atoms with van der Waals surface area (Å²) >= 11 is 0. The zero-order chi connectivity index (χ0) is 19.1. The minimum Gasteiger partial charge on any atom is -0.489 e. The molecule has 27 heavy (non-hydrogen) atoms. The molecule has 0 amide bonds. The summed E-state index contributed by atoms with van der Waals surface area (Å²) in [6, 6.07) is 11.7. The van der Waals surface area contributed by atoms with Crippen LogP contribution >= 0.6 is 0 Å².